The summed E-state index contributed by atoms with van der Waals surface area (Å²) >= 11 is 0. The summed E-state index contributed by atoms with van der Waals surface area (Å²) in [6.07, 6.45) is 4.21. The van der Waals surface area contributed by atoms with Crippen molar-refractivity contribution >= 4 is 0 Å². The van der Waals surface area contributed by atoms with Crippen LogP contribution in [-0.2, 0) is 4.74 Å². The van der Waals surface area contributed by atoms with Gasteiger partial charge in [0.1, 0.15) is 0 Å². The van der Waals surface area contributed by atoms with Gasteiger partial charge in [0.25, 0.3) is 0 Å². The third kappa shape index (κ3) is 4.17. The van der Waals surface area contributed by atoms with Crippen molar-refractivity contribution in [3.05, 3.63) is 0 Å². The minimum Gasteiger partial charge on any atom is -0.391 e. The first-order valence-corrected chi connectivity index (χ1v) is 7.72. The Hall–Kier alpha value is -0.120. The minimum atomic E-state index is -0.187. The number of hydrogen-bond donors (Lipinski definition) is 1. The lowest BCUT2D eigenvalue weighted by Crippen LogP contribution is -2.51. The van der Waals surface area contributed by atoms with Crippen molar-refractivity contribution in [2.45, 2.75) is 71.6 Å². The number of aliphatic hydroxyl groups excluding tert-OH is 1. The molecule has 0 aromatic carbocycles. The van der Waals surface area contributed by atoms with E-state index in [-0.39, 0.29) is 12.1 Å². The molecule has 3 nitrogen and oxygen atoms in total. The number of rotatable bonds is 6. The first kappa shape index (κ1) is 16.9. The van der Waals surface area contributed by atoms with Gasteiger partial charge in [-0.3, -0.25) is 4.90 Å². The van der Waals surface area contributed by atoms with Gasteiger partial charge in [-0.05, 0) is 44.6 Å². The summed E-state index contributed by atoms with van der Waals surface area (Å²) in [6.45, 7) is 9.90. The average Bonchev–Trinajstić information content (AvgIpc) is 2.38. The summed E-state index contributed by atoms with van der Waals surface area (Å²) in [6, 6.07) is 0.628. The summed E-state index contributed by atoms with van der Waals surface area (Å²) in [5.74, 6) is 0.711. The highest BCUT2D eigenvalue weighted by molar-refractivity contribution is 4.92. The van der Waals surface area contributed by atoms with E-state index in [0.29, 0.717) is 17.4 Å². The van der Waals surface area contributed by atoms with Crippen LogP contribution in [0.25, 0.3) is 0 Å². The summed E-state index contributed by atoms with van der Waals surface area (Å²) < 4.78 is 5.24. The normalized spacial score (nSPS) is 30.6. The smallest absolute Gasteiger partial charge is 0.0695 e. The molecule has 0 amide bonds. The van der Waals surface area contributed by atoms with Crippen LogP contribution in [0, 0.1) is 11.3 Å². The van der Waals surface area contributed by atoms with Crippen molar-refractivity contribution in [2.24, 2.45) is 11.3 Å². The Kier molecular flexibility index (Phi) is 6.28. The van der Waals surface area contributed by atoms with Crippen LogP contribution >= 0.6 is 0 Å². The van der Waals surface area contributed by atoms with Gasteiger partial charge in [0.05, 0.1) is 12.7 Å². The Labute approximate surface area is 119 Å². The third-order valence-electron chi connectivity index (χ3n) is 5.42. The van der Waals surface area contributed by atoms with Crippen molar-refractivity contribution in [1.29, 1.82) is 0 Å². The van der Waals surface area contributed by atoms with Crippen molar-refractivity contribution in [2.75, 3.05) is 20.8 Å². The fourth-order valence-electron chi connectivity index (χ4n) is 3.25. The second kappa shape index (κ2) is 7.05. The van der Waals surface area contributed by atoms with Gasteiger partial charge in [0.15, 0.2) is 0 Å². The maximum atomic E-state index is 10.3. The molecule has 1 N–H and O–H groups in total. The Morgan fingerprint density at radius 2 is 2.00 bits per heavy atom. The lowest BCUT2D eigenvalue weighted by atomic mass is 9.67. The predicted octanol–water partition coefficient (Wildman–Crippen LogP) is 2.92. The summed E-state index contributed by atoms with van der Waals surface area (Å²) in [4.78, 5) is 2.31. The molecule has 1 rings (SSSR count). The molecular weight excluding hydrogens is 238 g/mol. The fourth-order valence-corrected chi connectivity index (χ4v) is 3.25. The highest BCUT2D eigenvalue weighted by Crippen LogP contribution is 2.41. The largest absolute Gasteiger partial charge is 0.391 e. The van der Waals surface area contributed by atoms with E-state index in [2.05, 4.69) is 39.6 Å². The SMILES string of the molecule is CCC(C)(C)C1CCC(O)C(N(C)C(C)COC)C1. The lowest BCUT2D eigenvalue weighted by Gasteiger charge is -2.46. The van der Waals surface area contributed by atoms with Gasteiger partial charge in [0.2, 0.25) is 0 Å². The number of nitrogens with zero attached hydrogens (tertiary/aromatic N) is 1. The Morgan fingerprint density at radius 1 is 1.37 bits per heavy atom. The maximum absolute atomic E-state index is 10.3. The van der Waals surface area contributed by atoms with Crippen LogP contribution in [0.3, 0.4) is 0 Å². The molecular formula is C16H33NO2. The molecule has 0 heterocycles. The molecule has 3 heteroatoms. The average molecular weight is 271 g/mol. The zero-order valence-corrected chi connectivity index (χ0v) is 13.6. The molecule has 1 aliphatic rings. The van der Waals surface area contributed by atoms with Gasteiger partial charge in [-0.2, -0.15) is 0 Å². The Bertz CT molecular complexity index is 267. The Morgan fingerprint density at radius 3 is 2.53 bits per heavy atom. The van der Waals surface area contributed by atoms with E-state index in [9.17, 15) is 5.11 Å². The summed E-state index contributed by atoms with van der Waals surface area (Å²) in [5.41, 5.74) is 0.379. The van der Waals surface area contributed by atoms with Crippen molar-refractivity contribution in [1.82, 2.24) is 4.90 Å². The second-order valence-electron chi connectivity index (χ2n) is 6.96. The molecule has 1 saturated carbocycles. The quantitative estimate of drug-likeness (QED) is 0.806. The van der Waals surface area contributed by atoms with Gasteiger partial charge >= 0.3 is 0 Å². The molecule has 4 atom stereocenters. The lowest BCUT2D eigenvalue weighted by molar-refractivity contribution is -0.0337. The number of methoxy groups -OCH3 is 1. The number of ether oxygens (including phenoxy) is 1. The number of likely N-dealkylation sites (N-methyl/N-ethyl adjacent to an activating group) is 1. The van der Waals surface area contributed by atoms with Gasteiger partial charge < -0.3 is 9.84 Å². The van der Waals surface area contributed by atoms with Crippen LogP contribution in [0.15, 0.2) is 0 Å². The van der Waals surface area contributed by atoms with Crippen LogP contribution < -0.4 is 0 Å². The van der Waals surface area contributed by atoms with E-state index in [1.54, 1.807) is 7.11 Å². The number of aliphatic hydroxyl groups is 1. The van der Waals surface area contributed by atoms with Crippen LogP contribution in [0.4, 0.5) is 0 Å². The van der Waals surface area contributed by atoms with Crippen LogP contribution in [0.1, 0.15) is 53.4 Å². The molecule has 1 aliphatic carbocycles. The molecule has 114 valence electrons. The van der Waals surface area contributed by atoms with E-state index in [1.165, 1.54) is 6.42 Å². The molecule has 0 bridgehead atoms. The van der Waals surface area contributed by atoms with E-state index in [1.807, 2.05) is 0 Å². The van der Waals surface area contributed by atoms with E-state index < -0.39 is 0 Å². The monoisotopic (exact) mass is 271 g/mol. The fraction of sp³-hybridized carbons (Fsp3) is 1.00. The Balaban J connectivity index is 2.70. The highest BCUT2D eigenvalue weighted by atomic mass is 16.5. The highest BCUT2D eigenvalue weighted by Gasteiger charge is 2.38. The van der Waals surface area contributed by atoms with Crippen LogP contribution in [-0.4, -0.2) is 49.0 Å². The second-order valence-corrected chi connectivity index (χ2v) is 6.96. The van der Waals surface area contributed by atoms with Gasteiger partial charge in [0, 0.05) is 19.2 Å². The topological polar surface area (TPSA) is 32.7 Å². The molecule has 19 heavy (non-hydrogen) atoms. The third-order valence-corrected chi connectivity index (χ3v) is 5.42. The first-order chi connectivity index (χ1) is 8.83. The van der Waals surface area contributed by atoms with E-state index in [0.717, 1.165) is 25.9 Å². The molecule has 0 saturated heterocycles. The van der Waals surface area contributed by atoms with Crippen molar-refractivity contribution < 1.29 is 9.84 Å². The van der Waals surface area contributed by atoms with E-state index in [4.69, 9.17) is 4.74 Å². The van der Waals surface area contributed by atoms with Gasteiger partial charge in [-0.25, -0.2) is 0 Å². The molecule has 0 aromatic rings. The van der Waals surface area contributed by atoms with E-state index >= 15 is 0 Å². The van der Waals surface area contributed by atoms with Crippen LogP contribution in [0.5, 0.6) is 0 Å². The summed E-state index contributed by atoms with van der Waals surface area (Å²) in [5, 5.41) is 10.3. The van der Waals surface area contributed by atoms with Crippen molar-refractivity contribution in [3.8, 4) is 0 Å². The molecule has 1 fully saturated rings. The molecule has 0 aromatic heterocycles. The molecule has 0 aliphatic heterocycles. The summed E-state index contributed by atoms with van der Waals surface area (Å²) in [7, 11) is 3.86. The zero-order valence-electron chi connectivity index (χ0n) is 13.6. The van der Waals surface area contributed by atoms with Gasteiger partial charge in [-0.15, -0.1) is 0 Å². The minimum absolute atomic E-state index is 0.187. The molecule has 4 unspecified atom stereocenters. The number of hydrogen-bond acceptors (Lipinski definition) is 3. The zero-order chi connectivity index (χ0) is 14.6. The predicted molar refractivity (Wildman–Crippen MR) is 80.3 cm³/mol. The van der Waals surface area contributed by atoms with Crippen molar-refractivity contribution in [3.63, 3.8) is 0 Å². The van der Waals surface area contributed by atoms with Gasteiger partial charge in [-0.1, -0.05) is 27.2 Å². The van der Waals surface area contributed by atoms with Crippen LogP contribution in [0.2, 0.25) is 0 Å². The molecule has 0 spiro atoms. The first-order valence-electron chi connectivity index (χ1n) is 7.72. The maximum Gasteiger partial charge on any atom is 0.0695 e. The standard InChI is InChI=1S/C16H33NO2/c1-7-16(3,4)13-8-9-15(18)14(10-13)17(5)12(2)11-19-6/h12-15,18H,7-11H2,1-6H3. The molecule has 0 radical (unpaired) electrons.